The molecule has 0 rings (SSSR count). The Morgan fingerprint density at radius 2 is 1.65 bits per heavy atom. The molecule has 0 amide bonds. The first-order valence-electron chi connectivity index (χ1n) is 7.67. The van der Waals surface area contributed by atoms with Crippen molar-refractivity contribution in [2.45, 2.75) is 66.2 Å². The maximum atomic E-state index is 12.0. The van der Waals surface area contributed by atoms with Gasteiger partial charge >= 0.3 is 130 Å². The van der Waals surface area contributed by atoms with Crippen LogP contribution in [0.15, 0.2) is 10.2 Å². The van der Waals surface area contributed by atoms with Crippen molar-refractivity contribution in [2.75, 3.05) is 7.11 Å². The van der Waals surface area contributed by atoms with E-state index in [0.29, 0.717) is 6.42 Å². The van der Waals surface area contributed by atoms with E-state index in [4.69, 9.17) is 9.16 Å². The van der Waals surface area contributed by atoms with Crippen molar-refractivity contribution in [2.24, 2.45) is 0 Å². The van der Waals surface area contributed by atoms with Crippen molar-refractivity contribution >= 4 is 32.7 Å². The van der Waals surface area contributed by atoms with Crippen LogP contribution in [0.5, 0.6) is 0 Å². The number of rotatable bonds is 9. The first kappa shape index (κ1) is 20.2. The maximum absolute atomic E-state index is 12.0. The average molecular weight is 407 g/mol. The second kappa shape index (κ2) is 9.25. The minimum absolute atomic E-state index is 0.231. The molecule has 0 N–H and O–H groups in total. The van der Waals surface area contributed by atoms with Crippen molar-refractivity contribution in [1.29, 1.82) is 0 Å². The quantitative estimate of drug-likeness (QED) is 0.421. The molecular formula is C15H32O3SiSn. The van der Waals surface area contributed by atoms with Crippen molar-refractivity contribution in [3.8, 4) is 0 Å². The molecule has 0 aromatic rings. The van der Waals surface area contributed by atoms with Crippen LogP contribution in [-0.2, 0) is 14.0 Å². The zero-order valence-corrected chi connectivity index (χ0v) is 18.1. The molecule has 0 unspecified atom stereocenters. The molecule has 1 atom stereocenters. The van der Waals surface area contributed by atoms with E-state index in [2.05, 4.69) is 45.8 Å². The molecule has 20 heavy (non-hydrogen) atoms. The molecule has 5 heteroatoms. The van der Waals surface area contributed by atoms with Crippen LogP contribution in [-0.4, -0.2) is 45.9 Å². The van der Waals surface area contributed by atoms with Crippen LogP contribution in [0.2, 0.25) is 33.0 Å². The first-order valence-corrected chi connectivity index (χ1v) is 20.4. The summed E-state index contributed by atoms with van der Waals surface area (Å²) in [5.41, 5.74) is 0. The van der Waals surface area contributed by atoms with E-state index in [9.17, 15) is 4.79 Å². The van der Waals surface area contributed by atoms with E-state index in [-0.39, 0.29) is 5.97 Å². The van der Waals surface area contributed by atoms with E-state index in [1.165, 1.54) is 7.11 Å². The Labute approximate surface area is 130 Å². The standard InChI is InChI=1S/C12H23O3Si.3CH3.Sn/c1-6-10-11(12(13)14-5)15-16(7-2,8-3)9-4;;;;/h1,6,11H,7-10H2,2-5H3;3*1H3;/t11-;;;;/m1..../s1. The van der Waals surface area contributed by atoms with Crippen LogP contribution in [0.4, 0.5) is 0 Å². The fraction of sp³-hybridized carbons (Fsp3) is 0.800. The molecular weight excluding hydrogens is 375 g/mol. The third-order valence-corrected chi connectivity index (χ3v) is 11.9. The summed E-state index contributed by atoms with van der Waals surface area (Å²) in [6, 6.07) is 3.15. The van der Waals surface area contributed by atoms with Crippen molar-refractivity contribution in [1.82, 2.24) is 0 Å². The van der Waals surface area contributed by atoms with Gasteiger partial charge in [-0.05, 0) is 0 Å². The van der Waals surface area contributed by atoms with Gasteiger partial charge in [0, 0.05) is 0 Å². The zero-order chi connectivity index (χ0) is 15.8. The zero-order valence-electron chi connectivity index (χ0n) is 14.3. The van der Waals surface area contributed by atoms with Crippen LogP contribution < -0.4 is 0 Å². The molecule has 0 aromatic heterocycles. The number of methoxy groups -OCH3 is 1. The van der Waals surface area contributed by atoms with Gasteiger partial charge in [-0.15, -0.1) is 0 Å². The SMILES string of the molecule is CC[Si](CC)(CC)O[C@H](C/C=[CH]\[Sn]([CH3])([CH3])[CH3])C(=O)OC. The number of carbonyl (C=O) groups is 1. The van der Waals surface area contributed by atoms with Gasteiger partial charge < -0.3 is 0 Å². The summed E-state index contributed by atoms with van der Waals surface area (Å²) in [5, 5.41) is 0. The van der Waals surface area contributed by atoms with E-state index >= 15 is 0 Å². The molecule has 0 bridgehead atoms. The number of carbonyl (C=O) groups excluding carboxylic acids is 1. The monoisotopic (exact) mass is 408 g/mol. The number of hydrogen-bond acceptors (Lipinski definition) is 3. The minimum atomic E-state index is -1.92. The Morgan fingerprint density at radius 3 is 2.00 bits per heavy atom. The van der Waals surface area contributed by atoms with Gasteiger partial charge in [-0.3, -0.25) is 0 Å². The van der Waals surface area contributed by atoms with Crippen LogP contribution >= 0.6 is 0 Å². The van der Waals surface area contributed by atoms with Crippen LogP contribution in [0, 0.1) is 0 Å². The molecule has 3 nitrogen and oxygen atoms in total. The van der Waals surface area contributed by atoms with Gasteiger partial charge in [-0.2, -0.15) is 0 Å². The Hall–Kier alpha value is 0.186. The molecule has 0 radical (unpaired) electrons. The van der Waals surface area contributed by atoms with Crippen LogP contribution in [0.3, 0.4) is 0 Å². The number of esters is 1. The summed E-state index contributed by atoms with van der Waals surface area (Å²) in [7, 11) is -0.330. The third-order valence-electron chi connectivity index (χ3n) is 3.76. The number of ether oxygens (including phenoxy) is 1. The molecule has 0 aromatic carbocycles. The van der Waals surface area contributed by atoms with E-state index < -0.39 is 32.8 Å². The van der Waals surface area contributed by atoms with Gasteiger partial charge in [0.05, 0.1) is 0 Å². The second-order valence-electron chi connectivity index (χ2n) is 6.38. The molecule has 0 saturated heterocycles. The molecule has 0 aliphatic carbocycles. The van der Waals surface area contributed by atoms with Gasteiger partial charge in [0.2, 0.25) is 0 Å². The van der Waals surface area contributed by atoms with Crippen LogP contribution in [0.25, 0.3) is 0 Å². The molecule has 0 aliphatic heterocycles. The molecule has 118 valence electrons. The fourth-order valence-corrected chi connectivity index (χ4v) is 7.37. The van der Waals surface area contributed by atoms with Crippen molar-refractivity contribution in [3.63, 3.8) is 0 Å². The van der Waals surface area contributed by atoms with Crippen LogP contribution in [0.1, 0.15) is 27.2 Å². The van der Waals surface area contributed by atoms with E-state index in [0.717, 1.165) is 18.1 Å². The summed E-state index contributed by atoms with van der Waals surface area (Å²) < 4.78 is 13.5. The number of hydrogen-bond donors (Lipinski definition) is 0. The van der Waals surface area contributed by atoms with E-state index in [1.54, 1.807) is 0 Å². The van der Waals surface area contributed by atoms with Gasteiger partial charge in [-0.25, -0.2) is 0 Å². The second-order valence-corrected chi connectivity index (χ2v) is 25.6. The average Bonchev–Trinajstić information content (AvgIpc) is 2.41. The molecule has 0 heterocycles. The topological polar surface area (TPSA) is 35.5 Å². The summed E-state index contributed by atoms with van der Waals surface area (Å²) >= 11 is -1.92. The Balaban J connectivity index is 4.90. The van der Waals surface area contributed by atoms with Gasteiger partial charge in [0.25, 0.3) is 0 Å². The predicted molar refractivity (Wildman–Crippen MR) is 91.2 cm³/mol. The molecule has 0 aliphatic rings. The predicted octanol–water partition coefficient (Wildman–Crippen LogP) is 4.37. The Morgan fingerprint density at radius 1 is 1.15 bits per heavy atom. The summed E-state index contributed by atoms with van der Waals surface area (Å²) in [5.74, 6) is -0.231. The normalized spacial score (nSPS) is 14.6. The molecule has 0 saturated carbocycles. The van der Waals surface area contributed by atoms with Gasteiger partial charge in [0.15, 0.2) is 0 Å². The Bertz CT molecular complexity index is 311. The van der Waals surface area contributed by atoms with Crippen molar-refractivity contribution in [3.05, 3.63) is 10.2 Å². The summed E-state index contributed by atoms with van der Waals surface area (Å²) in [6.07, 6.45) is 2.37. The fourth-order valence-electron chi connectivity index (χ4n) is 2.17. The van der Waals surface area contributed by atoms with Gasteiger partial charge in [0.1, 0.15) is 0 Å². The van der Waals surface area contributed by atoms with Gasteiger partial charge in [-0.1, -0.05) is 0 Å². The summed E-state index contributed by atoms with van der Waals surface area (Å²) in [6.45, 7) is 6.53. The Kier molecular flexibility index (Phi) is 9.34. The van der Waals surface area contributed by atoms with E-state index in [1.807, 2.05) is 0 Å². The third kappa shape index (κ3) is 7.27. The summed E-state index contributed by atoms with van der Waals surface area (Å²) in [4.78, 5) is 19.0. The molecule has 0 spiro atoms. The van der Waals surface area contributed by atoms with Crippen molar-refractivity contribution < 1.29 is 14.0 Å². The first-order chi connectivity index (χ1) is 9.23. The molecule has 0 fully saturated rings.